The Morgan fingerprint density at radius 2 is 2.17 bits per heavy atom. The van der Waals surface area contributed by atoms with Crippen LogP contribution in [0.25, 0.3) is 0 Å². The SMILES string of the molecule is Cn1cc(CN2CC[C@@H]3OCCN(Cc4cccnc4)[C@H]3C2)cn1. The van der Waals surface area contributed by atoms with E-state index in [0.717, 1.165) is 45.8 Å². The van der Waals surface area contributed by atoms with Crippen molar-refractivity contribution in [2.24, 2.45) is 7.05 Å². The Morgan fingerprint density at radius 3 is 2.96 bits per heavy atom. The van der Waals surface area contributed by atoms with E-state index in [9.17, 15) is 0 Å². The summed E-state index contributed by atoms with van der Waals surface area (Å²) in [5, 5.41) is 4.28. The number of rotatable bonds is 4. The first-order chi connectivity index (χ1) is 11.8. The summed E-state index contributed by atoms with van der Waals surface area (Å²) in [5.74, 6) is 0. The van der Waals surface area contributed by atoms with E-state index in [1.54, 1.807) is 0 Å². The predicted octanol–water partition coefficient (Wildman–Crippen LogP) is 1.29. The molecule has 6 nitrogen and oxygen atoms in total. The van der Waals surface area contributed by atoms with Gasteiger partial charge in [-0.1, -0.05) is 6.07 Å². The smallest absolute Gasteiger partial charge is 0.0755 e. The van der Waals surface area contributed by atoms with Gasteiger partial charge in [0.2, 0.25) is 0 Å². The zero-order valence-electron chi connectivity index (χ0n) is 14.2. The Morgan fingerprint density at radius 1 is 1.21 bits per heavy atom. The molecule has 2 aliphatic heterocycles. The summed E-state index contributed by atoms with van der Waals surface area (Å²) in [6.07, 6.45) is 9.35. The van der Waals surface area contributed by atoms with Crippen LogP contribution in [-0.2, 0) is 24.9 Å². The number of likely N-dealkylation sites (tertiary alicyclic amines) is 1. The van der Waals surface area contributed by atoms with Crippen molar-refractivity contribution in [1.29, 1.82) is 0 Å². The minimum Gasteiger partial charge on any atom is -0.375 e. The van der Waals surface area contributed by atoms with E-state index in [1.807, 2.05) is 36.4 Å². The van der Waals surface area contributed by atoms with E-state index < -0.39 is 0 Å². The Hall–Kier alpha value is -1.76. The number of nitrogens with zero attached hydrogens (tertiary/aromatic N) is 5. The Labute approximate surface area is 143 Å². The van der Waals surface area contributed by atoms with Crippen molar-refractivity contribution in [3.05, 3.63) is 48.0 Å². The van der Waals surface area contributed by atoms with Gasteiger partial charge in [0.25, 0.3) is 0 Å². The molecule has 24 heavy (non-hydrogen) atoms. The van der Waals surface area contributed by atoms with Crippen molar-refractivity contribution in [3.8, 4) is 0 Å². The van der Waals surface area contributed by atoms with E-state index >= 15 is 0 Å². The fourth-order valence-electron chi connectivity index (χ4n) is 3.89. The zero-order chi connectivity index (χ0) is 16.4. The van der Waals surface area contributed by atoms with Crippen LogP contribution in [0.2, 0.25) is 0 Å². The van der Waals surface area contributed by atoms with Gasteiger partial charge in [-0.2, -0.15) is 5.10 Å². The lowest BCUT2D eigenvalue weighted by molar-refractivity contribution is -0.107. The molecule has 2 aliphatic rings. The Kier molecular flexibility index (Phi) is 4.60. The highest BCUT2D eigenvalue weighted by atomic mass is 16.5. The highest BCUT2D eigenvalue weighted by molar-refractivity contribution is 5.09. The van der Waals surface area contributed by atoms with Crippen molar-refractivity contribution in [2.45, 2.75) is 31.7 Å². The van der Waals surface area contributed by atoms with Crippen LogP contribution in [0.5, 0.6) is 0 Å². The van der Waals surface area contributed by atoms with Crippen LogP contribution in [0.4, 0.5) is 0 Å². The van der Waals surface area contributed by atoms with Crippen LogP contribution in [0.1, 0.15) is 17.5 Å². The third kappa shape index (κ3) is 3.50. The van der Waals surface area contributed by atoms with Crippen molar-refractivity contribution >= 4 is 0 Å². The first-order valence-electron chi connectivity index (χ1n) is 8.72. The van der Waals surface area contributed by atoms with E-state index in [1.165, 1.54) is 11.1 Å². The van der Waals surface area contributed by atoms with Crippen LogP contribution in [0.15, 0.2) is 36.9 Å². The summed E-state index contributed by atoms with van der Waals surface area (Å²) >= 11 is 0. The molecule has 0 aliphatic carbocycles. The van der Waals surface area contributed by atoms with Gasteiger partial charge >= 0.3 is 0 Å². The maximum Gasteiger partial charge on any atom is 0.0755 e. The van der Waals surface area contributed by atoms with Crippen molar-refractivity contribution in [1.82, 2.24) is 24.6 Å². The summed E-state index contributed by atoms with van der Waals surface area (Å²) < 4.78 is 7.93. The maximum absolute atomic E-state index is 6.05. The molecule has 2 fully saturated rings. The average molecular weight is 327 g/mol. The minimum absolute atomic E-state index is 0.362. The molecule has 4 rings (SSSR count). The van der Waals surface area contributed by atoms with E-state index in [-0.39, 0.29) is 0 Å². The molecular weight excluding hydrogens is 302 g/mol. The van der Waals surface area contributed by atoms with E-state index in [2.05, 4.69) is 32.1 Å². The van der Waals surface area contributed by atoms with E-state index in [4.69, 9.17) is 4.74 Å². The van der Waals surface area contributed by atoms with Crippen molar-refractivity contribution < 1.29 is 4.74 Å². The second kappa shape index (κ2) is 7.01. The summed E-state index contributed by atoms with van der Waals surface area (Å²) in [5.41, 5.74) is 2.56. The number of piperidine rings is 1. The number of hydrogen-bond acceptors (Lipinski definition) is 5. The van der Waals surface area contributed by atoms with Crippen LogP contribution < -0.4 is 0 Å². The molecule has 2 saturated heterocycles. The van der Waals surface area contributed by atoms with E-state index in [0.29, 0.717) is 12.1 Å². The van der Waals surface area contributed by atoms with Gasteiger partial charge in [-0.15, -0.1) is 0 Å². The third-order valence-electron chi connectivity index (χ3n) is 5.06. The molecule has 2 aromatic heterocycles. The lowest BCUT2D eigenvalue weighted by Gasteiger charge is -2.47. The van der Waals surface area contributed by atoms with Crippen molar-refractivity contribution in [2.75, 3.05) is 26.2 Å². The standard InChI is InChI=1S/C18H25N5O/c1-21-11-16(10-20-21)12-22-6-4-18-17(14-22)23(7-8-24-18)13-15-3-2-5-19-9-15/h2-3,5,9-11,17-18H,4,6-8,12-14H2,1H3/t17-,18-/m0/s1. The molecule has 4 heterocycles. The number of hydrogen-bond donors (Lipinski definition) is 0. The molecule has 0 radical (unpaired) electrons. The first kappa shape index (κ1) is 15.7. The molecule has 128 valence electrons. The third-order valence-corrected chi connectivity index (χ3v) is 5.06. The minimum atomic E-state index is 0.362. The number of ether oxygens (including phenoxy) is 1. The average Bonchev–Trinajstić information content (AvgIpc) is 3.01. The van der Waals surface area contributed by atoms with Crippen LogP contribution >= 0.6 is 0 Å². The number of fused-ring (bicyclic) bond motifs is 1. The molecule has 0 unspecified atom stereocenters. The number of pyridine rings is 1. The molecular formula is C18H25N5O. The fourth-order valence-corrected chi connectivity index (χ4v) is 3.89. The lowest BCUT2D eigenvalue weighted by Crippen LogP contribution is -2.59. The highest BCUT2D eigenvalue weighted by Gasteiger charge is 2.36. The Balaban J connectivity index is 1.43. The lowest BCUT2D eigenvalue weighted by atomic mass is 9.98. The van der Waals surface area contributed by atoms with Gasteiger partial charge in [0, 0.05) is 70.0 Å². The molecule has 0 amide bonds. The molecule has 2 aromatic rings. The quantitative estimate of drug-likeness (QED) is 0.847. The van der Waals surface area contributed by atoms with Gasteiger partial charge in [0.1, 0.15) is 0 Å². The van der Waals surface area contributed by atoms with Gasteiger partial charge in [0.15, 0.2) is 0 Å². The van der Waals surface area contributed by atoms with Crippen LogP contribution in [0, 0.1) is 0 Å². The second-order valence-corrected chi connectivity index (χ2v) is 6.85. The number of morpholine rings is 1. The van der Waals surface area contributed by atoms with Gasteiger partial charge in [-0.3, -0.25) is 19.5 Å². The molecule has 0 spiro atoms. The number of aryl methyl sites for hydroxylation is 1. The molecule has 0 saturated carbocycles. The largest absolute Gasteiger partial charge is 0.375 e. The number of aromatic nitrogens is 3. The molecule has 6 heteroatoms. The molecule has 0 bridgehead atoms. The molecule has 0 N–H and O–H groups in total. The second-order valence-electron chi connectivity index (χ2n) is 6.85. The molecule has 0 aromatic carbocycles. The topological polar surface area (TPSA) is 46.4 Å². The van der Waals surface area contributed by atoms with Gasteiger partial charge in [-0.05, 0) is 18.1 Å². The summed E-state index contributed by atoms with van der Waals surface area (Å²) in [6.45, 7) is 5.91. The zero-order valence-corrected chi connectivity index (χ0v) is 14.2. The fraction of sp³-hybridized carbons (Fsp3) is 0.556. The first-order valence-corrected chi connectivity index (χ1v) is 8.72. The highest BCUT2D eigenvalue weighted by Crippen LogP contribution is 2.25. The maximum atomic E-state index is 6.05. The summed E-state index contributed by atoms with van der Waals surface area (Å²) in [4.78, 5) is 9.35. The van der Waals surface area contributed by atoms with Gasteiger partial charge in [0.05, 0.1) is 18.9 Å². The summed E-state index contributed by atoms with van der Waals surface area (Å²) in [7, 11) is 1.97. The predicted molar refractivity (Wildman–Crippen MR) is 91.3 cm³/mol. The Bertz CT molecular complexity index is 658. The monoisotopic (exact) mass is 327 g/mol. The van der Waals surface area contributed by atoms with Crippen LogP contribution in [0.3, 0.4) is 0 Å². The van der Waals surface area contributed by atoms with Crippen molar-refractivity contribution in [3.63, 3.8) is 0 Å². The summed E-state index contributed by atoms with van der Waals surface area (Å²) in [6, 6.07) is 4.64. The normalized spacial score (nSPS) is 25.5. The van der Waals surface area contributed by atoms with Crippen LogP contribution in [-0.4, -0.2) is 63.0 Å². The van der Waals surface area contributed by atoms with Gasteiger partial charge in [-0.25, -0.2) is 0 Å². The molecule has 2 atom stereocenters. The van der Waals surface area contributed by atoms with Gasteiger partial charge < -0.3 is 4.74 Å².